The predicted molar refractivity (Wildman–Crippen MR) is 133 cm³/mol. The van der Waals surface area contributed by atoms with Crippen LogP contribution in [-0.4, -0.2) is 71.5 Å². The summed E-state index contributed by atoms with van der Waals surface area (Å²) in [6, 6.07) is 15.9. The Balaban J connectivity index is 1.45. The zero-order chi connectivity index (χ0) is 24.4. The topological polar surface area (TPSA) is 101 Å². The Labute approximate surface area is 202 Å². The second-order valence-corrected chi connectivity index (χ2v) is 8.19. The van der Waals surface area contributed by atoms with Crippen molar-refractivity contribution >= 4 is 22.8 Å². The highest BCUT2D eigenvalue weighted by Crippen LogP contribution is 2.35. The molecule has 1 aliphatic rings. The van der Waals surface area contributed by atoms with Gasteiger partial charge in [0.25, 0.3) is 0 Å². The lowest BCUT2D eigenvalue weighted by molar-refractivity contribution is 0.142. The van der Waals surface area contributed by atoms with Crippen LogP contribution in [0.3, 0.4) is 0 Å². The van der Waals surface area contributed by atoms with Crippen LogP contribution in [0.25, 0.3) is 33.3 Å². The summed E-state index contributed by atoms with van der Waals surface area (Å²) in [5, 5.41) is 10.1. The average molecular weight is 472 g/mol. The van der Waals surface area contributed by atoms with Gasteiger partial charge >= 0.3 is 6.09 Å². The minimum absolute atomic E-state index is 0.467. The maximum Gasteiger partial charge on any atom is 0.407 e. The number of nitrogens with zero attached hydrogens (tertiary/aromatic N) is 5. The van der Waals surface area contributed by atoms with Gasteiger partial charge in [-0.3, -0.25) is 0 Å². The number of aromatic nitrogens is 3. The molecule has 35 heavy (non-hydrogen) atoms. The molecule has 0 radical (unpaired) electrons. The molecule has 178 valence electrons. The van der Waals surface area contributed by atoms with Crippen molar-refractivity contribution in [3.63, 3.8) is 0 Å². The van der Waals surface area contributed by atoms with Crippen molar-refractivity contribution in [2.45, 2.75) is 0 Å². The second-order valence-electron chi connectivity index (χ2n) is 8.19. The smallest absolute Gasteiger partial charge is 0.407 e. The van der Waals surface area contributed by atoms with E-state index >= 15 is 0 Å². The zero-order valence-electron chi connectivity index (χ0n) is 19.5. The van der Waals surface area contributed by atoms with Crippen LogP contribution >= 0.6 is 0 Å². The van der Waals surface area contributed by atoms with E-state index in [1.807, 2.05) is 48.7 Å². The third-order valence-electron chi connectivity index (χ3n) is 6.25. The molecule has 0 aliphatic carbocycles. The molecular formula is C26H25N5O4. The zero-order valence-corrected chi connectivity index (χ0v) is 19.5. The van der Waals surface area contributed by atoms with E-state index in [0.29, 0.717) is 37.7 Å². The first-order chi connectivity index (χ1) is 17.1. The van der Waals surface area contributed by atoms with Crippen LogP contribution in [-0.2, 0) is 0 Å². The molecule has 4 aromatic rings. The van der Waals surface area contributed by atoms with Crippen LogP contribution in [0.2, 0.25) is 0 Å². The molecule has 2 aromatic heterocycles. The molecular weight excluding hydrogens is 446 g/mol. The van der Waals surface area contributed by atoms with E-state index < -0.39 is 6.09 Å². The van der Waals surface area contributed by atoms with Gasteiger partial charge in [0.1, 0.15) is 12.1 Å². The Morgan fingerprint density at radius 2 is 1.54 bits per heavy atom. The average Bonchev–Trinajstić information content (AvgIpc) is 2.92. The van der Waals surface area contributed by atoms with Crippen LogP contribution in [0.4, 0.5) is 10.6 Å². The number of hydrogen-bond donors (Lipinski definition) is 1. The molecule has 0 atom stereocenters. The SMILES string of the molecule is COc1ccc(-c2ccc3ncnc(-c4ccc(N5CCN(C(=O)O)CC5)nc4)c3c2)cc1OC. The standard InChI is InChI=1S/C26H25N5O4/c1-34-22-7-4-18(14-23(22)35-2)17-3-6-21-20(13-17)25(29-16-28-21)19-5-8-24(27-15-19)30-9-11-31(12-10-30)26(32)33/h3-8,13-16H,9-12H2,1-2H3,(H,32,33). The molecule has 0 unspecified atom stereocenters. The van der Waals surface area contributed by atoms with Crippen molar-refractivity contribution in [1.82, 2.24) is 19.9 Å². The van der Waals surface area contributed by atoms with Crippen LogP contribution < -0.4 is 14.4 Å². The summed E-state index contributed by atoms with van der Waals surface area (Å²) in [6.45, 7) is 2.16. The Morgan fingerprint density at radius 3 is 2.23 bits per heavy atom. The monoisotopic (exact) mass is 471 g/mol. The van der Waals surface area contributed by atoms with Gasteiger partial charge in [0.05, 0.1) is 25.4 Å². The molecule has 3 heterocycles. The van der Waals surface area contributed by atoms with Crippen LogP contribution in [0.1, 0.15) is 0 Å². The Bertz CT molecular complexity index is 1370. The van der Waals surface area contributed by atoms with E-state index in [4.69, 9.17) is 14.6 Å². The maximum absolute atomic E-state index is 11.1. The van der Waals surface area contributed by atoms with Crippen molar-refractivity contribution < 1.29 is 19.4 Å². The molecule has 0 bridgehead atoms. The third-order valence-corrected chi connectivity index (χ3v) is 6.25. The summed E-state index contributed by atoms with van der Waals surface area (Å²) in [5.41, 5.74) is 4.53. The summed E-state index contributed by atoms with van der Waals surface area (Å²) in [4.78, 5) is 28.3. The molecule has 5 rings (SSSR count). The minimum atomic E-state index is -0.879. The number of hydrogen-bond acceptors (Lipinski definition) is 7. The van der Waals surface area contributed by atoms with Gasteiger partial charge in [-0.15, -0.1) is 0 Å². The summed E-state index contributed by atoms with van der Waals surface area (Å²) < 4.78 is 10.8. The number of carbonyl (C=O) groups is 1. The summed E-state index contributed by atoms with van der Waals surface area (Å²) in [6.07, 6.45) is 2.49. The molecule has 9 heteroatoms. The van der Waals surface area contributed by atoms with Crippen molar-refractivity contribution in [2.24, 2.45) is 0 Å². The summed E-state index contributed by atoms with van der Waals surface area (Å²) in [7, 11) is 3.24. The number of ether oxygens (including phenoxy) is 2. The number of fused-ring (bicyclic) bond motifs is 1. The highest BCUT2D eigenvalue weighted by atomic mass is 16.5. The number of amides is 1. The van der Waals surface area contributed by atoms with Crippen molar-refractivity contribution in [3.8, 4) is 33.9 Å². The van der Waals surface area contributed by atoms with Gasteiger partial charge in [0, 0.05) is 43.3 Å². The van der Waals surface area contributed by atoms with Crippen molar-refractivity contribution in [2.75, 3.05) is 45.3 Å². The normalized spacial score (nSPS) is 13.7. The van der Waals surface area contributed by atoms with Crippen LogP contribution in [0.5, 0.6) is 11.5 Å². The molecule has 1 saturated heterocycles. The van der Waals surface area contributed by atoms with Gasteiger partial charge in [-0.25, -0.2) is 19.7 Å². The van der Waals surface area contributed by atoms with Crippen molar-refractivity contribution in [3.05, 3.63) is 61.1 Å². The fourth-order valence-corrected chi connectivity index (χ4v) is 4.32. The van der Waals surface area contributed by atoms with Gasteiger partial charge in [-0.05, 0) is 47.5 Å². The van der Waals surface area contributed by atoms with Gasteiger partial charge in [-0.2, -0.15) is 0 Å². The Morgan fingerprint density at radius 1 is 0.829 bits per heavy atom. The summed E-state index contributed by atoms with van der Waals surface area (Å²) in [5.74, 6) is 2.17. The van der Waals surface area contributed by atoms with E-state index in [1.165, 1.54) is 4.90 Å². The number of carboxylic acid groups (broad SMARTS) is 1. The molecule has 2 aromatic carbocycles. The van der Waals surface area contributed by atoms with Gasteiger partial charge in [0.15, 0.2) is 11.5 Å². The van der Waals surface area contributed by atoms with E-state index in [9.17, 15) is 4.79 Å². The number of benzene rings is 2. The number of rotatable bonds is 5. The largest absolute Gasteiger partial charge is 0.493 e. The lowest BCUT2D eigenvalue weighted by atomic mass is 10.0. The number of anilines is 1. The lowest BCUT2D eigenvalue weighted by Gasteiger charge is -2.33. The molecule has 0 saturated carbocycles. The first kappa shape index (κ1) is 22.4. The lowest BCUT2D eigenvalue weighted by Crippen LogP contribution is -2.48. The number of piperazine rings is 1. The first-order valence-corrected chi connectivity index (χ1v) is 11.2. The fraction of sp³-hybridized carbons (Fsp3) is 0.231. The van der Waals surface area contributed by atoms with Crippen molar-refractivity contribution in [1.29, 1.82) is 0 Å². The quantitative estimate of drug-likeness (QED) is 0.463. The van der Waals surface area contributed by atoms with E-state index in [0.717, 1.165) is 39.1 Å². The maximum atomic E-state index is 11.1. The number of pyridine rings is 1. The minimum Gasteiger partial charge on any atom is -0.493 e. The highest BCUT2D eigenvalue weighted by Gasteiger charge is 2.21. The Kier molecular flexibility index (Phi) is 6.05. The van der Waals surface area contributed by atoms with E-state index in [1.54, 1.807) is 20.5 Å². The molecule has 9 nitrogen and oxygen atoms in total. The van der Waals surface area contributed by atoms with Gasteiger partial charge in [-0.1, -0.05) is 12.1 Å². The highest BCUT2D eigenvalue weighted by molar-refractivity contribution is 5.95. The van der Waals surface area contributed by atoms with Gasteiger partial charge in [0.2, 0.25) is 0 Å². The molecule has 1 amide bonds. The first-order valence-electron chi connectivity index (χ1n) is 11.2. The van der Waals surface area contributed by atoms with E-state index in [-0.39, 0.29) is 0 Å². The molecule has 1 aliphatic heterocycles. The van der Waals surface area contributed by atoms with Crippen LogP contribution in [0, 0.1) is 0 Å². The number of methoxy groups -OCH3 is 2. The fourth-order valence-electron chi connectivity index (χ4n) is 4.32. The second kappa shape index (κ2) is 9.46. The Hall–Kier alpha value is -4.40. The molecule has 0 spiro atoms. The molecule has 1 fully saturated rings. The third kappa shape index (κ3) is 4.40. The molecule has 1 N–H and O–H groups in total. The van der Waals surface area contributed by atoms with E-state index in [2.05, 4.69) is 25.9 Å². The summed E-state index contributed by atoms with van der Waals surface area (Å²) >= 11 is 0. The van der Waals surface area contributed by atoms with Crippen LogP contribution in [0.15, 0.2) is 61.1 Å². The predicted octanol–water partition coefficient (Wildman–Crippen LogP) is 4.18. The van der Waals surface area contributed by atoms with Gasteiger partial charge < -0.3 is 24.4 Å².